The Morgan fingerprint density at radius 1 is 0.373 bits per heavy atom. The molecule has 0 saturated carbocycles. The summed E-state index contributed by atoms with van der Waals surface area (Å²) in [5.41, 5.74) is 5.22. The molecule has 0 rings (SSSR count). The average Bonchev–Trinajstić information content (AvgIpc) is 3.13. The van der Waals surface area contributed by atoms with Crippen molar-refractivity contribution in [2.24, 2.45) is 5.73 Å². The van der Waals surface area contributed by atoms with Gasteiger partial charge in [-0.2, -0.15) is 0 Å². The van der Waals surface area contributed by atoms with Crippen molar-refractivity contribution < 1.29 is 93.0 Å². The maximum absolute atomic E-state index is 13.6. The van der Waals surface area contributed by atoms with Gasteiger partial charge in [0.2, 0.25) is 41.4 Å². The molecule has 0 spiro atoms. The van der Waals surface area contributed by atoms with Crippen LogP contribution in [0, 0.1) is 0 Å². The van der Waals surface area contributed by atoms with E-state index in [0.717, 1.165) is 6.08 Å². The van der Waals surface area contributed by atoms with Crippen molar-refractivity contribution in [1.29, 1.82) is 0 Å². The molecule has 14 N–H and O–H groups in total. The molecule has 59 heavy (non-hydrogen) atoms. The van der Waals surface area contributed by atoms with E-state index in [9.17, 15) is 82.8 Å². The van der Waals surface area contributed by atoms with Crippen LogP contribution in [0.2, 0.25) is 0 Å². The van der Waals surface area contributed by atoms with Crippen LogP contribution >= 0.6 is 0 Å². The molecule has 0 aliphatic heterocycles. The zero-order chi connectivity index (χ0) is 45.4. The van der Waals surface area contributed by atoms with Crippen LogP contribution in [-0.4, -0.2) is 144 Å². The summed E-state index contributed by atoms with van der Waals surface area (Å²) in [4.78, 5) is 158. The fourth-order valence-electron chi connectivity index (χ4n) is 4.83. The average molecular weight is 846 g/mol. The normalized spacial score (nSPS) is 13.6. The monoisotopic (exact) mass is 845 g/mol. The summed E-state index contributed by atoms with van der Waals surface area (Å²) in [6, 6.07) is -10.7. The van der Waals surface area contributed by atoms with Crippen LogP contribution in [0.4, 0.5) is 0 Å². The van der Waals surface area contributed by atoms with Crippen molar-refractivity contribution >= 4 is 77.2 Å². The Labute approximate surface area is 333 Å². The Bertz CT molecular complexity index is 1630. The van der Waals surface area contributed by atoms with Crippen molar-refractivity contribution in [1.82, 2.24) is 31.9 Å². The molecule has 0 aromatic rings. The topological polar surface area (TPSA) is 441 Å². The van der Waals surface area contributed by atoms with Gasteiger partial charge in [-0.25, -0.2) is 0 Å². The minimum atomic E-state index is -1.91. The van der Waals surface area contributed by atoms with Crippen molar-refractivity contribution in [3.63, 3.8) is 0 Å². The molecule has 0 saturated heterocycles. The fourth-order valence-corrected chi connectivity index (χ4v) is 4.83. The number of nitrogens with one attached hydrogen (secondary N) is 6. The van der Waals surface area contributed by atoms with Crippen molar-refractivity contribution in [3.8, 4) is 0 Å². The quantitative estimate of drug-likeness (QED) is 0.0294. The van der Waals surface area contributed by atoms with E-state index in [1.54, 1.807) is 0 Å². The van der Waals surface area contributed by atoms with Gasteiger partial charge >= 0.3 is 35.8 Å². The molecule has 0 bridgehead atoms. The second-order valence-electron chi connectivity index (χ2n) is 12.6. The SMILES string of the molecule is C=CC(=O)N[C@@H](CCC(=O)O)C(=O)N[C@@H](CCC(=O)O)C(=O)N[C@@H](CCC(=O)O)C(=O)N[C@@H](CCC(=O)O)C(=O)N[C@@H](CCC(=O)O)C(=O)N[C@@H](CCC(=O)O)C(N)=O. The van der Waals surface area contributed by atoms with Gasteiger partial charge in [0.25, 0.3) is 0 Å². The van der Waals surface area contributed by atoms with Crippen molar-refractivity contribution in [2.45, 2.75) is 113 Å². The number of amides is 7. The first-order chi connectivity index (χ1) is 27.5. The smallest absolute Gasteiger partial charge is 0.303 e. The molecule has 6 atom stereocenters. The first-order valence-electron chi connectivity index (χ1n) is 17.5. The van der Waals surface area contributed by atoms with Crippen LogP contribution in [0.5, 0.6) is 0 Å². The second kappa shape index (κ2) is 26.7. The molecule has 328 valence electrons. The Hall–Kier alpha value is -7.15. The molecule has 0 unspecified atom stereocenters. The number of carboxylic acid groups (broad SMARTS) is 6. The number of aliphatic carboxylic acids is 6. The van der Waals surface area contributed by atoms with Gasteiger partial charge in [-0.05, 0) is 44.6 Å². The predicted molar refractivity (Wildman–Crippen MR) is 192 cm³/mol. The molecule has 0 aromatic carbocycles. The van der Waals surface area contributed by atoms with Crippen LogP contribution in [0.1, 0.15) is 77.0 Å². The highest BCUT2D eigenvalue weighted by atomic mass is 16.4. The highest BCUT2D eigenvalue weighted by Crippen LogP contribution is 2.09. The summed E-state index contributed by atoms with van der Waals surface area (Å²) in [6.07, 6.45) is -7.56. The number of rotatable bonds is 31. The summed E-state index contributed by atoms with van der Waals surface area (Å²) < 4.78 is 0. The molecular formula is C33H47N7O19. The third-order valence-electron chi connectivity index (χ3n) is 7.89. The van der Waals surface area contributed by atoms with Crippen LogP contribution < -0.4 is 37.6 Å². The number of carbonyl (C=O) groups is 13. The molecule has 0 aromatic heterocycles. The number of nitrogens with two attached hydrogens (primary N) is 1. The first kappa shape index (κ1) is 51.8. The van der Waals surface area contributed by atoms with Gasteiger partial charge < -0.3 is 68.3 Å². The van der Waals surface area contributed by atoms with Crippen molar-refractivity contribution in [3.05, 3.63) is 12.7 Å². The van der Waals surface area contributed by atoms with E-state index in [-0.39, 0.29) is 0 Å². The van der Waals surface area contributed by atoms with Crippen LogP contribution in [0.25, 0.3) is 0 Å². The second-order valence-corrected chi connectivity index (χ2v) is 12.6. The van der Waals surface area contributed by atoms with Crippen LogP contribution in [0.3, 0.4) is 0 Å². The van der Waals surface area contributed by atoms with Crippen molar-refractivity contribution in [2.75, 3.05) is 0 Å². The van der Waals surface area contributed by atoms with E-state index in [1.165, 1.54) is 0 Å². The van der Waals surface area contributed by atoms with E-state index in [0.29, 0.717) is 0 Å². The van der Waals surface area contributed by atoms with E-state index < -0.39 is 190 Å². The number of carboxylic acids is 6. The molecule has 0 radical (unpaired) electrons. The zero-order valence-corrected chi connectivity index (χ0v) is 31.3. The van der Waals surface area contributed by atoms with Gasteiger partial charge in [-0.3, -0.25) is 62.3 Å². The summed E-state index contributed by atoms with van der Waals surface area (Å²) >= 11 is 0. The highest BCUT2D eigenvalue weighted by Gasteiger charge is 2.34. The Balaban J connectivity index is 6.60. The van der Waals surface area contributed by atoms with Gasteiger partial charge in [-0.1, -0.05) is 6.58 Å². The van der Waals surface area contributed by atoms with Gasteiger partial charge in [0.1, 0.15) is 36.3 Å². The lowest BCUT2D eigenvalue weighted by Gasteiger charge is -2.27. The molecule has 0 aliphatic carbocycles. The zero-order valence-electron chi connectivity index (χ0n) is 31.3. The fraction of sp³-hybridized carbons (Fsp3) is 0.545. The summed E-state index contributed by atoms with van der Waals surface area (Å²) in [5, 5.41) is 67.6. The summed E-state index contributed by atoms with van der Waals surface area (Å²) in [6.45, 7) is 3.21. The van der Waals surface area contributed by atoms with E-state index >= 15 is 0 Å². The number of carbonyl (C=O) groups excluding carboxylic acids is 7. The lowest BCUT2D eigenvalue weighted by atomic mass is 10.0. The largest absolute Gasteiger partial charge is 0.481 e. The molecule has 0 fully saturated rings. The maximum atomic E-state index is 13.6. The van der Waals surface area contributed by atoms with Gasteiger partial charge in [0.15, 0.2) is 0 Å². The molecular weight excluding hydrogens is 798 g/mol. The maximum Gasteiger partial charge on any atom is 0.303 e. The van der Waals surface area contributed by atoms with Gasteiger partial charge in [-0.15, -0.1) is 0 Å². The van der Waals surface area contributed by atoms with E-state index in [1.807, 2.05) is 0 Å². The lowest BCUT2D eigenvalue weighted by molar-refractivity contribution is -0.141. The summed E-state index contributed by atoms with van der Waals surface area (Å²) in [7, 11) is 0. The molecule has 26 nitrogen and oxygen atoms in total. The lowest BCUT2D eigenvalue weighted by Crippen LogP contribution is -2.59. The summed E-state index contributed by atoms with van der Waals surface area (Å²) in [5.74, 6) is -17.2. The standard InChI is InChI=1S/C33H47N7O19/c1-2-21(41)35-16(4-10-23(44)45)29(55)37-18(6-12-25(48)49)31(57)39-20(8-14-27(52)53)33(59)40-19(7-13-26(50)51)32(58)38-17(5-11-24(46)47)30(56)36-15(28(34)54)3-9-22(42)43/h2,15-20H,1,3-14H2,(H2,34,54)(H,35,41)(H,36,56)(H,37,55)(H,38,58)(H,39,57)(H,40,59)(H,42,43)(H,44,45)(H,46,47)(H,48,49)(H,50,51)(H,52,53)/t15-,16-,17-,18-,19-,20-/m0/s1. The number of primary amides is 1. The Morgan fingerprint density at radius 2 is 0.559 bits per heavy atom. The van der Waals surface area contributed by atoms with Gasteiger partial charge in [0, 0.05) is 38.5 Å². The number of hydrogen-bond acceptors (Lipinski definition) is 13. The molecule has 26 heteroatoms. The van der Waals surface area contributed by atoms with E-state index in [4.69, 9.17) is 15.9 Å². The van der Waals surface area contributed by atoms with Gasteiger partial charge in [0.05, 0.1) is 0 Å². The van der Waals surface area contributed by atoms with Crippen LogP contribution in [-0.2, 0) is 62.3 Å². The molecule has 0 heterocycles. The number of hydrogen-bond donors (Lipinski definition) is 13. The Kier molecular flexibility index (Phi) is 23.4. The molecule has 7 amide bonds. The third kappa shape index (κ3) is 22.9. The Morgan fingerprint density at radius 3 is 0.746 bits per heavy atom. The minimum Gasteiger partial charge on any atom is -0.481 e. The van der Waals surface area contributed by atoms with E-state index in [2.05, 4.69) is 38.5 Å². The first-order valence-corrected chi connectivity index (χ1v) is 17.5. The third-order valence-corrected chi connectivity index (χ3v) is 7.89. The highest BCUT2D eigenvalue weighted by molar-refractivity contribution is 5.98. The van der Waals surface area contributed by atoms with Crippen LogP contribution in [0.15, 0.2) is 12.7 Å². The molecule has 0 aliphatic rings. The minimum absolute atomic E-state index is 0.505. The predicted octanol–water partition coefficient (Wildman–Crippen LogP) is -4.24.